The number of nitriles is 1. The van der Waals surface area contributed by atoms with Crippen LogP contribution >= 0.6 is 0 Å². The number of hydrogen-bond acceptors (Lipinski definition) is 3. The number of pyridine rings is 1. The Morgan fingerprint density at radius 2 is 1.68 bits per heavy atom. The van der Waals surface area contributed by atoms with Crippen LogP contribution in [-0.2, 0) is 5.21 Å². The molecule has 0 aliphatic heterocycles. The van der Waals surface area contributed by atoms with Crippen LogP contribution in [0.15, 0.2) is 34.7 Å². The molecule has 0 unspecified atom stereocenters. The molecule has 0 atom stereocenters. The molecule has 3 nitrogen and oxygen atoms in total. The average molecular weight is 400 g/mol. The number of aryl methyl sites for hydroxylation is 1. The van der Waals surface area contributed by atoms with Gasteiger partial charge < -0.3 is 4.42 Å². The van der Waals surface area contributed by atoms with Crippen molar-refractivity contribution in [2.75, 3.05) is 0 Å². The first-order valence-corrected chi connectivity index (χ1v) is 10.9. The molecule has 148 valence electrons. The van der Waals surface area contributed by atoms with Gasteiger partial charge in [-0.05, 0) is 48.4 Å². The number of aromatic nitrogens is 1. The molecule has 0 spiro atoms. The summed E-state index contributed by atoms with van der Waals surface area (Å²) in [5, 5.41) is 11.3. The van der Waals surface area contributed by atoms with Gasteiger partial charge >= 0.3 is 0 Å². The van der Waals surface area contributed by atoms with Crippen molar-refractivity contribution in [1.29, 1.82) is 5.26 Å². The standard InChI is InChI=1S/C23H25B5N2O/c1-10(2)23(27,28)18-19(24)21(30-22(26)20(18)25)13-8-17-14(6-11(13)3)15-7-12(9-29)4-5-16(15)31-17/h4-8,10H,24-28H2,1-3H3. The quantitative estimate of drug-likeness (QED) is 0.402. The average Bonchev–Trinajstić information content (AvgIpc) is 3.06. The topological polar surface area (TPSA) is 49.8 Å². The monoisotopic (exact) mass is 400 g/mol. The predicted octanol–water partition coefficient (Wildman–Crippen LogP) is -1.32. The van der Waals surface area contributed by atoms with Crippen LogP contribution in [-0.4, -0.2) is 44.2 Å². The summed E-state index contributed by atoms with van der Waals surface area (Å²) < 4.78 is 6.16. The molecule has 0 N–H and O–H groups in total. The molecule has 2 aromatic carbocycles. The zero-order valence-electron chi connectivity index (χ0n) is 19.8. The van der Waals surface area contributed by atoms with Gasteiger partial charge in [-0.2, -0.15) is 5.26 Å². The molecule has 0 saturated carbocycles. The number of nitrogens with zero attached hydrogens (tertiary/aromatic N) is 2. The van der Waals surface area contributed by atoms with E-state index in [1.165, 1.54) is 16.5 Å². The van der Waals surface area contributed by atoms with E-state index in [1.54, 1.807) is 6.07 Å². The molecule has 0 radical (unpaired) electrons. The Balaban J connectivity index is 2.01. The highest BCUT2D eigenvalue weighted by atomic mass is 16.3. The van der Waals surface area contributed by atoms with Crippen LogP contribution in [0.4, 0.5) is 0 Å². The van der Waals surface area contributed by atoms with Gasteiger partial charge in [-0.3, -0.25) is 4.98 Å². The molecular weight excluding hydrogens is 374 g/mol. The number of benzene rings is 2. The first-order chi connectivity index (χ1) is 14.6. The minimum absolute atomic E-state index is 0.0433. The van der Waals surface area contributed by atoms with Crippen molar-refractivity contribution in [3.05, 3.63) is 47.0 Å². The Hall–Kier alpha value is -2.80. The van der Waals surface area contributed by atoms with E-state index in [2.05, 4.69) is 78.2 Å². The van der Waals surface area contributed by atoms with Crippen LogP contribution in [0.5, 0.6) is 0 Å². The molecule has 4 aromatic rings. The fraction of sp³-hybridized carbons (Fsp3) is 0.217. The summed E-state index contributed by atoms with van der Waals surface area (Å²) in [5.41, 5.74) is 10.6. The molecule has 0 saturated heterocycles. The first kappa shape index (κ1) is 21.4. The van der Waals surface area contributed by atoms with Crippen LogP contribution in [0.3, 0.4) is 0 Å². The number of rotatable bonds is 3. The maximum Gasteiger partial charge on any atom is 0.163 e. The summed E-state index contributed by atoms with van der Waals surface area (Å²) in [5.74, 6) is 0.507. The fourth-order valence-electron chi connectivity index (χ4n) is 4.69. The van der Waals surface area contributed by atoms with Crippen molar-refractivity contribution >= 4 is 77.7 Å². The van der Waals surface area contributed by atoms with Gasteiger partial charge in [-0.15, -0.1) is 0 Å². The Morgan fingerprint density at radius 1 is 1.00 bits per heavy atom. The Bertz CT molecular complexity index is 1400. The summed E-state index contributed by atoms with van der Waals surface area (Å²) in [6, 6.07) is 12.1. The van der Waals surface area contributed by atoms with E-state index >= 15 is 0 Å². The van der Waals surface area contributed by atoms with E-state index in [4.69, 9.17) is 9.40 Å². The predicted molar refractivity (Wildman–Crippen MR) is 145 cm³/mol. The second-order valence-corrected chi connectivity index (χ2v) is 9.64. The minimum atomic E-state index is 0.0433. The van der Waals surface area contributed by atoms with Crippen LogP contribution in [0.2, 0.25) is 0 Å². The Morgan fingerprint density at radius 3 is 2.32 bits per heavy atom. The molecule has 2 aromatic heterocycles. The van der Waals surface area contributed by atoms with Crippen LogP contribution < -0.4 is 16.5 Å². The van der Waals surface area contributed by atoms with Crippen molar-refractivity contribution in [3.8, 4) is 17.3 Å². The molecule has 0 bridgehead atoms. The molecule has 0 fully saturated rings. The highest BCUT2D eigenvalue weighted by molar-refractivity contribution is 6.54. The van der Waals surface area contributed by atoms with Crippen molar-refractivity contribution in [3.63, 3.8) is 0 Å². The van der Waals surface area contributed by atoms with Crippen molar-refractivity contribution in [2.24, 2.45) is 5.92 Å². The lowest BCUT2D eigenvalue weighted by Gasteiger charge is -2.35. The largest absolute Gasteiger partial charge is 0.456 e. The molecular formula is C23H25B5N2O. The lowest BCUT2D eigenvalue weighted by molar-refractivity contribution is 0.574. The number of furan rings is 1. The van der Waals surface area contributed by atoms with Gasteiger partial charge in [-0.25, -0.2) is 0 Å². The van der Waals surface area contributed by atoms with E-state index in [9.17, 15) is 5.26 Å². The summed E-state index contributed by atoms with van der Waals surface area (Å²) in [4.78, 5) is 5.04. The SMILES string of the molecule is Bc1nc(-c2cc3oc4ccc(C#N)cc4c3cc2C)c(B)c(C(B)(B)C(C)C)c1B. The van der Waals surface area contributed by atoms with E-state index in [-0.39, 0.29) is 5.21 Å². The van der Waals surface area contributed by atoms with Crippen molar-refractivity contribution in [2.45, 2.75) is 26.0 Å². The van der Waals surface area contributed by atoms with E-state index in [0.29, 0.717) is 11.5 Å². The Kier molecular flexibility index (Phi) is 5.13. The van der Waals surface area contributed by atoms with E-state index in [0.717, 1.165) is 44.4 Å². The van der Waals surface area contributed by atoms with Gasteiger partial charge in [0.05, 0.1) is 17.3 Å². The maximum atomic E-state index is 9.27. The lowest BCUT2D eigenvalue weighted by Crippen LogP contribution is -2.49. The van der Waals surface area contributed by atoms with Gasteiger partial charge in [0.25, 0.3) is 0 Å². The van der Waals surface area contributed by atoms with Crippen molar-refractivity contribution < 1.29 is 4.42 Å². The summed E-state index contributed by atoms with van der Waals surface area (Å²) in [6.07, 6.45) is 0. The van der Waals surface area contributed by atoms with Crippen LogP contribution in [0.25, 0.3) is 33.2 Å². The second kappa shape index (κ2) is 7.41. The smallest absolute Gasteiger partial charge is 0.163 e. The minimum Gasteiger partial charge on any atom is -0.456 e. The van der Waals surface area contributed by atoms with Gasteiger partial charge in [0.2, 0.25) is 0 Å². The van der Waals surface area contributed by atoms with Crippen molar-refractivity contribution in [1.82, 2.24) is 4.98 Å². The zero-order valence-corrected chi connectivity index (χ0v) is 19.8. The fourth-order valence-corrected chi connectivity index (χ4v) is 4.69. The molecule has 0 amide bonds. The number of fused-ring (bicyclic) bond motifs is 3. The van der Waals surface area contributed by atoms with E-state index < -0.39 is 0 Å². The summed E-state index contributed by atoms with van der Waals surface area (Å²) in [7, 11) is 11.2. The summed E-state index contributed by atoms with van der Waals surface area (Å²) >= 11 is 0. The number of hydrogen-bond donors (Lipinski definition) is 0. The van der Waals surface area contributed by atoms with Gasteiger partial charge in [0.1, 0.15) is 42.6 Å². The molecule has 2 heterocycles. The molecule has 4 rings (SSSR count). The zero-order chi connectivity index (χ0) is 22.7. The molecule has 8 heteroatoms. The third kappa shape index (κ3) is 3.31. The lowest BCUT2D eigenvalue weighted by atomic mass is 9.43. The first-order valence-electron chi connectivity index (χ1n) is 10.9. The third-order valence-electron chi connectivity index (χ3n) is 7.22. The molecule has 31 heavy (non-hydrogen) atoms. The van der Waals surface area contributed by atoms with Crippen LogP contribution in [0.1, 0.15) is 30.5 Å². The van der Waals surface area contributed by atoms with Gasteiger partial charge in [0, 0.05) is 16.3 Å². The maximum absolute atomic E-state index is 9.27. The third-order valence-corrected chi connectivity index (χ3v) is 7.22. The van der Waals surface area contributed by atoms with Crippen LogP contribution in [0, 0.1) is 24.2 Å². The van der Waals surface area contributed by atoms with E-state index in [1.807, 2.05) is 12.1 Å². The Labute approximate surface area is 188 Å². The molecule has 0 aliphatic carbocycles. The molecule has 0 aliphatic rings. The normalized spacial score (nSPS) is 12.0. The van der Waals surface area contributed by atoms with Gasteiger partial charge in [-0.1, -0.05) is 41.5 Å². The highest BCUT2D eigenvalue weighted by Crippen LogP contribution is 2.34. The highest BCUT2D eigenvalue weighted by Gasteiger charge is 2.30. The second-order valence-electron chi connectivity index (χ2n) is 9.64. The summed E-state index contributed by atoms with van der Waals surface area (Å²) in [6.45, 7) is 6.70. The van der Waals surface area contributed by atoms with Gasteiger partial charge in [0.15, 0.2) is 7.85 Å².